The van der Waals surface area contributed by atoms with Crippen LogP contribution in [-0.4, -0.2) is 16.0 Å². The minimum absolute atomic E-state index is 0.00158. The summed E-state index contributed by atoms with van der Waals surface area (Å²) in [5.74, 6) is 0.963. The number of hydrogen-bond acceptors (Lipinski definition) is 6. The van der Waals surface area contributed by atoms with Crippen LogP contribution in [0.4, 0.5) is 0 Å². The van der Waals surface area contributed by atoms with Gasteiger partial charge in [-0.25, -0.2) is 0 Å². The Morgan fingerprint density at radius 3 is 1.96 bits per heavy atom. The molecule has 0 amide bonds. The lowest BCUT2D eigenvalue weighted by Gasteiger charge is -1.98. The van der Waals surface area contributed by atoms with Gasteiger partial charge in [0.2, 0.25) is 18.6 Å². The predicted molar refractivity (Wildman–Crippen MR) is 116 cm³/mol. The molecule has 0 aliphatic heterocycles. The maximum atomic E-state index is 12.6. The maximum Gasteiger partial charge on any atom is 0.314 e. The van der Waals surface area contributed by atoms with Gasteiger partial charge in [0, 0.05) is 16.9 Å². The van der Waals surface area contributed by atoms with Crippen molar-refractivity contribution >= 4 is 68.2 Å². The second-order valence-corrected chi connectivity index (χ2v) is 11.5. The average molecular weight is 436 g/mol. The van der Waals surface area contributed by atoms with E-state index >= 15 is 0 Å². The van der Waals surface area contributed by atoms with Gasteiger partial charge in [-0.05, 0) is 23.5 Å². The number of hydrogen-bond donors (Lipinski definition) is 0. The molecule has 0 spiro atoms. The molecule has 2 aromatic carbocycles. The standard InChI is InChI=1S/C19H15O2S5/c1-2-22-19-25-17(23-15(20)13-9-5-3-6-10-13)18(26-19)24-16(21)14-11-7-4-8-12-14/h3-12H,2H2,1H3/q+1. The summed E-state index contributed by atoms with van der Waals surface area (Å²) in [7, 11) is 0. The van der Waals surface area contributed by atoms with E-state index in [4.69, 9.17) is 0 Å². The van der Waals surface area contributed by atoms with Crippen LogP contribution in [0.25, 0.3) is 0 Å². The highest BCUT2D eigenvalue weighted by molar-refractivity contribution is 8.19. The fourth-order valence-electron chi connectivity index (χ4n) is 1.99. The first-order chi connectivity index (χ1) is 12.7. The molecule has 2 nitrogen and oxygen atoms in total. The van der Waals surface area contributed by atoms with Crippen molar-refractivity contribution in [1.82, 2.24) is 0 Å². The summed E-state index contributed by atoms with van der Waals surface area (Å²) in [5, 5.41) is 0.00316. The van der Waals surface area contributed by atoms with Crippen LogP contribution in [0.3, 0.4) is 0 Å². The Bertz CT molecular complexity index is 820. The number of thioether (sulfide) groups is 3. The molecule has 0 radical (unpaired) electrons. The lowest BCUT2D eigenvalue weighted by Crippen LogP contribution is -1.93. The van der Waals surface area contributed by atoms with E-state index in [1.165, 1.54) is 27.0 Å². The van der Waals surface area contributed by atoms with Gasteiger partial charge in [0.1, 0.15) is 22.7 Å². The minimum atomic E-state index is 0.00158. The largest absolute Gasteiger partial charge is 0.314 e. The predicted octanol–water partition coefficient (Wildman–Crippen LogP) is 7.07. The second-order valence-electron chi connectivity index (χ2n) is 4.97. The van der Waals surface area contributed by atoms with Crippen LogP contribution in [0.1, 0.15) is 27.6 Å². The van der Waals surface area contributed by atoms with Crippen molar-refractivity contribution in [2.45, 2.75) is 18.9 Å². The van der Waals surface area contributed by atoms with Gasteiger partial charge >= 0.3 is 3.52 Å². The zero-order chi connectivity index (χ0) is 18.4. The smallest absolute Gasteiger partial charge is 0.281 e. The molecule has 0 fully saturated rings. The molecule has 0 aliphatic rings. The first-order valence-electron chi connectivity index (χ1n) is 7.81. The summed E-state index contributed by atoms with van der Waals surface area (Å²) in [5.41, 5.74) is 1.34. The van der Waals surface area contributed by atoms with Crippen molar-refractivity contribution in [3.05, 3.63) is 71.8 Å². The van der Waals surface area contributed by atoms with Crippen LogP contribution in [0.15, 0.2) is 72.6 Å². The molecule has 3 aromatic rings. The van der Waals surface area contributed by atoms with E-state index in [1.807, 2.05) is 60.7 Å². The first-order valence-corrected chi connectivity index (χ1v) is 12.1. The summed E-state index contributed by atoms with van der Waals surface area (Å²) >= 11 is 7.36. The van der Waals surface area contributed by atoms with Crippen molar-refractivity contribution in [2.75, 3.05) is 5.75 Å². The quantitative estimate of drug-likeness (QED) is 0.305. The minimum Gasteiger partial charge on any atom is -0.281 e. The van der Waals surface area contributed by atoms with Gasteiger partial charge in [0.25, 0.3) is 0 Å². The zero-order valence-corrected chi connectivity index (χ0v) is 17.9. The number of carbonyl (C=O) groups is 2. The molecule has 0 atom stereocenters. The highest BCUT2D eigenvalue weighted by Crippen LogP contribution is 2.47. The summed E-state index contributed by atoms with van der Waals surface area (Å²) in [6, 6.07) is 18.5. The van der Waals surface area contributed by atoms with Crippen LogP contribution >= 0.6 is 58.0 Å². The van der Waals surface area contributed by atoms with E-state index in [9.17, 15) is 9.59 Å². The molecular formula is C19H15O2S5+. The Balaban J connectivity index is 1.82. The highest BCUT2D eigenvalue weighted by atomic mass is 32.2. The topological polar surface area (TPSA) is 34.1 Å². The van der Waals surface area contributed by atoms with E-state index in [0.29, 0.717) is 11.1 Å². The highest BCUT2D eigenvalue weighted by Gasteiger charge is 2.29. The van der Waals surface area contributed by atoms with Crippen molar-refractivity contribution < 1.29 is 9.59 Å². The molecule has 1 aromatic heterocycles. The molecule has 7 heteroatoms. The number of rotatable bonds is 6. The van der Waals surface area contributed by atoms with Gasteiger partial charge in [-0.2, -0.15) is 0 Å². The van der Waals surface area contributed by atoms with Gasteiger partial charge in [0.15, 0.2) is 0 Å². The van der Waals surface area contributed by atoms with E-state index in [-0.39, 0.29) is 10.2 Å². The van der Waals surface area contributed by atoms with Crippen molar-refractivity contribution in [2.24, 2.45) is 0 Å². The fraction of sp³-hybridized carbons (Fsp3) is 0.105. The third kappa shape index (κ3) is 5.20. The molecular weight excluding hydrogens is 421 g/mol. The maximum absolute atomic E-state index is 12.6. The molecule has 0 saturated heterocycles. The number of carbonyl (C=O) groups excluding carboxylic acids is 2. The van der Waals surface area contributed by atoms with E-state index in [2.05, 4.69) is 6.92 Å². The Morgan fingerprint density at radius 1 is 0.885 bits per heavy atom. The molecule has 1 heterocycles. The zero-order valence-electron chi connectivity index (χ0n) is 13.8. The van der Waals surface area contributed by atoms with Crippen molar-refractivity contribution in [3.8, 4) is 0 Å². The third-order valence-electron chi connectivity index (χ3n) is 3.17. The molecule has 0 N–H and O–H groups in total. The van der Waals surface area contributed by atoms with Gasteiger partial charge in [0.05, 0.1) is 0 Å². The Hall–Kier alpha value is -1.12. The van der Waals surface area contributed by atoms with E-state index < -0.39 is 0 Å². The molecule has 0 unspecified atom stereocenters. The SMILES string of the molecule is CCSc1sc(SC(=O)c2ccccc2)c(SC(=O)c2ccccc2)[s+]1. The summed E-state index contributed by atoms with van der Waals surface area (Å²) < 4.78 is 2.96. The van der Waals surface area contributed by atoms with Crippen LogP contribution in [-0.2, 0) is 0 Å². The van der Waals surface area contributed by atoms with Crippen LogP contribution in [0, 0.1) is 0 Å². The summed E-state index contributed by atoms with van der Waals surface area (Å²) in [6.45, 7) is 2.10. The Kier molecular flexibility index (Phi) is 7.33. The Morgan fingerprint density at radius 2 is 1.42 bits per heavy atom. The molecule has 132 valence electrons. The lowest BCUT2D eigenvalue weighted by atomic mass is 10.2. The monoisotopic (exact) mass is 435 g/mol. The number of benzene rings is 2. The van der Waals surface area contributed by atoms with Crippen LogP contribution in [0.5, 0.6) is 0 Å². The summed E-state index contributed by atoms with van der Waals surface area (Å²) in [6.07, 6.45) is 0. The molecule has 0 saturated carbocycles. The van der Waals surface area contributed by atoms with E-state index in [0.717, 1.165) is 14.2 Å². The van der Waals surface area contributed by atoms with Gasteiger partial charge < -0.3 is 0 Å². The van der Waals surface area contributed by atoms with E-state index in [1.54, 1.807) is 34.4 Å². The third-order valence-corrected chi connectivity index (χ3v) is 9.65. The lowest BCUT2D eigenvalue weighted by molar-refractivity contribution is 0.108. The van der Waals surface area contributed by atoms with Gasteiger partial charge in [-0.3, -0.25) is 9.59 Å². The van der Waals surface area contributed by atoms with Crippen LogP contribution in [0.2, 0.25) is 0 Å². The van der Waals surface area contributed by atoms with Gasteiger partial charge in [-0.1, -0.05) is 79.3 Å². The van der Waals surface area contributed by atoms with Crippen molar-refractivity contribution in [3.63, 3.8) is 0 Å². The average Bonchev–Trinajstić information content (AvgIpc) is 3.04. The normalized spacial score (nSPS) is 10.7. The first kappa shape index (κ1) is 19.6. The van der Waals surface area contributed by atoms with Crippen LogP contribution < -0.4 is 0 Å². The molecule has 0 bridgehead atoms. The molecule has 26 heavy (non-hydrogen) atoms. The molecule has 0 aliphatic carbocycles. The second kappa shape index (κ2) is 9.71. The van der Waals surface area contributed by atoms with Gasteiger partial charge in [-0.15, -0.1) is 0 Å². The fourth-order valence-corrected chi connectivity index (χ4v) is 8.97. The summed E-state index contributed by atoms with van der Waals surface area (Å²) in [4.78, 5) is 25.1. The Labute approximate surface area is 173 Å². The van der Waals surface area contributed by atoms with Crippen molar-refractivity contribution in [1.29, 1.82) is 0 Å². The molecule has 3 rings (SSSR count).